The summed E-state index contributed by atoms with van der Waals surface area (Å²) in [6.45, 7) is 0.498. The number of hydrogen-bond donors (Lipinski definition) is 1. The van der Waals surface area contributed by atoms with E-state index in [1.807, 2.05) is 12.1 Å². The van der Waals surface area contributed by atoms with Gasteiger partial charge in [0.1, 0.15) is 12.4 Å². The Balaban J connectivity index is 2.28. The molecule has 0 aliphatic carbocycles. The quantitative estimate of drug-likeness (QED) is 0.841. The molecule has 1 heterocycles. The van der Waals surface area contributed by atoms with E-state index in [1.165, 1.54) is 0 Å². The molecular formula is C13H15F2NO2. The second kappa shape index (κ2) is 5.82. The minimum absolute atomic E-state index is 0.339. The van der Waals surface area contributed by atoms with Gasteiger partial charge in [-0.3, -0.25) is 0 Å². The number of nitrogen functional groups attached to an aromatic ring is 1. The molecule has 2 rings (SSSR count). The number of hydrogen-bond acceptors (Lipinski definition) is 3. The zero-order chi connectivity index (χ0) is 13.0. The van der Waals surface area contributed by atoms with Gasteiger partial charge in [0.05, 0.1) is 18.9 Å². The molecule has 0 atom stereocenters. The Kier molecular flexibility index (Phi) is 4.15. The first kappa shape index (κ1) is 12.8. The number of benzene rings is 1. The molecule has 0 radical (unpaired) electrons. The summed E-state index contributed by atoms with van der Waals surface area (Å²) in [4.78, 5) is 0. The van der Waals surface area contributed by atoms with Gasteiger partial charge in [-0.15, -0.1) is 0 Å². The van der Waals surface area contributed by atoms with Gasteiger partial charge in [-0.05, 0) is 18.1 Å². The average molecular weight is 255 g/mol. The third-order valence-electron chi connectivity index (χ3n) is 2.71. The number of ether oxygens (including phenoxy) is 2. The monoisotopic (exact) mass is 255 g/mol. The number of para-hydroxylation sites is 1. The van der Waals surface area contributed by atoms with E-state index in [4.69, 9.17) is 15.2 Å². The summed E-state index contributed by atoms with van der Waals surface area (Å²) in [5.41, 5.74) is 7.96. The van der Waals surface area contributed by atoms with Gasteiger partial charge in [0.2, 0.25) is 0 Å². The number of alkyl halides is 2. The molecule has 18 heavy (non-hydrogen) atoms. The molecule has 0 saturated carbocycles. The predicted octanol–water partition coefficient (Wildman–Crippen LogP) is 2.72. The Bertz CT molecular complexity index is 447. The maximum Gasteiger partial charge on any atom is 0.272 e. The van der Waals surface area contributed by atoms with Crippen molar-refractivity contribution < 1.29 is 18.3 Å². The van der Waals surface area contributed by atoms with Crippen LogP contribution in [-0.2, 0) is 4.74 Å². The largest absolute Gasteiger partial charge is 0.485 e. The Morgan fingerprint density at radius 1 is 1.39 bits per heavy atom. The second-order valence-corrected chi connectivity index (χ2v) is 3.98. The van der Waals surface area contributed by atoms with Gasteiger partial charge in [-0.25, -0.2) is 8.78 Å². The molecule has 1 aliphatic rings. The molecule has 0 bridgehead atoms. The molecule has 1 aromatic carbocycles. The molecule has 0 unspecified atom stereocenters. The van der Waals surface area contributed by atoms with Crippen molar-refractivity contribution in [3.8, 4) is 5.75 Å². The minimum Gasteiger partial charge on any atom is -0.485 e. The fourth-order valence-corrected chi connectivity index (χ4v) is 1.89. The summed E-state index contributed by atoms with van der Waals surface area (Å²) in [5.74, 6) is 0.339. The van der Waals surface area contributed by atoms with Crippen molar-refractivity contribution >= 4 is 11.3 Å². The van der Waals surface area contributed by atoms with Crippen molar-refractivity contribution in [1.82, 2.24) is 0 Å². The van der Waals surface area contributed by atoms with Crippen molar-refractivity contribution in [3.05, 3.63) is 29.8 Å². The van der Waals surface area contributed by atoms with Gasteiger partial charge in [0, 0.05) is 5.56 Å². The zero-order valence-electron chi connectivity index (χ0n) is 9.86. The lowest BCUT2D eigenvalue weighted by molar-refractivity contribution is 0.0821. The van der Waals surface area contributed by atoms with Gasteiger partial charge in [-0.2, -0.15) is 0 Å². The lowest BCUT2D eigenvalue weighted by Crippen LogP contribution is -2.11. The molecule has 5 heteroatoms. The molecular weight excluding hydrogens is 240 g/mol. The van der Waals surface area contributed by atoms with Crippen molar-refractivity contribution in [3.63, 3.8) is 0 Å². The van der Waals surface area contributed by atoms with E-state index in [-0.39, 0.29) is 0 Å². The van der Waals surface area contributed by atoms with Gasteiger partial charge in [0.15, 0.2) is 0 Å². The van der Waals surface area contributed by atoms with Gasteiger partial charge >= 0.3 is 0 Å². The summed E-state index contributed by atoms with van der Waals surface area (Å²) in [5, 5.41) is 0. The molecule has 0 amide bonds. The van der Waals surface area contributed by atoms with E-state index >= 15 is 0 Å². The predicted molar refractivity (Wildman–Crippen MR) is 65.8 cm³/mol. The van der Waals surface area contributed by atoms with Gasteiger partial charge in [0.25, 0.3) is 6.43 Å². The van der Waals surface area contributed by atoms with Crippen molar-refractivity contribution in [2.45, 2.75) is 12.8 Å². The van der Waals surface area contributed by atoms with E-state index in [0.717, 1.165) is 17.6 Å². The molecule has 0 saturated heterocycles. The van der Waals surface area contributed by atoms with Crippen LogP contribution in [0.4, 0.5) is 14.5 Å². The number of halogens is 2. The molecule has 1 aromatic rings. The van der Waals surface area contributed by atoms with Crippen LogP contribution in [-0.4, -0.2) is 26.2 Å². The topological polar surface area (TPSA) is 44.5 Å². The highest BCUT2D eigenvalue weighted by Gasteiger charge is 2.15. The number of anilines is 1. The fraction of sp³-hybridized carbons (Fsp3) is 0.385. The Morgan fingerprint density at radius 2 is 2.22 bits per heavy atom. The molecule has 3 nitrogen and oxygen atoms in total. The summed E-state index contributed by atoms with van der Waals surface area (Å²) < 4.78 is 34.8. The smallest absolute Gasteiger partial charge is 0.272 e. The summed E-state index contributed by atoms with van der Waals surface area (Å²) in [6, 6.07) is 5.26. The number of rotatable bonds is 4. The van der Waals surface area contributed by atoms with Crippen LogP contribution in [0.1, 0.15) is 12.0 Å². The van der Waals surface area contributed by atoms with Crippen LogP contribution in [0, 0.1) is 0 Å². The molecule has 2 N–H and O–H groups in total. The minimum atomic E-state index is -2.51. The van der Waals surface area contributed by atoms with Gasteiger partial charge in [-0.1, -0.05) is 18.2 Å². The van der Waals surface area contributed by atoms with Crippen molar-refractivity contribution in [1.29, 1.82) is 0 Å². The lowest BCUT2D eigenvalue weighted by Gasteiger charge is -2.18. The first-order chi connectivity index (χ1) is 8.68. The van der Waals surface area contributed by atoms with Gasteiger partial charge < -0.3 is 15.2 Å². The van der Waals surface area contributed by atoms with Crippen LogP contribution in [0.15, 0.2) is 24.3 Å². The second-order valence-electron chi connectivity index (χ2n) is 3.98. The highest BCUT2D eigenvalue weighted by molar-refractivity contribution is 5.76. The third-order valence-corrected chi connectivity index (χ3v) is 2.71. The maximum absolute atomic E-state index is 12.2. The zero-order valence-corrected chi connectivity index (χ0v) is 9.86. The highest BCUT2D eigenvalue weighted by atomic mass is 19.3. The first-order valence-corrected chi connectivity index (χ1v) is 5.75. The average Bonchev–Trinajstić information content (AvgIpc) is 2.38. The molecule has 98 valence electrons. The normalized spacial score (nSPS) is 15.6. The van der Waals surface area contributed by atoms with Crippen molar-refractivity contribution in [2.24, 2.45) is 0 Å². The summed E-state index contributed by atoms with van der Waals surface area (Å²) in [6.07, 6.45) is 0.142. The van der Waals surface area contributed by atoms with Crippen LogP contribution < -0.4 is 10.5 Å². The lowest BCUT2D eigenvalue weighted by atomic mass is 10.00. The molecule has 1 aliphatic heterocycles. The highest BCUT2D eigenvalue weighted by Crippen LogP contribution is 2.34. The summed E-state index contributed by atoms with van der Waals surface area (Å²) in [7, 11) is 0. The maximum atomic E-state index is 12.2. The van der Waals surface area contributed by atoms with Crippen LogP contribution in [0.3, 0.4) is 0 Å². The van der Waals surface area contributed by atoms with E-state index in [1.54, 1.807) is 12.1 Å². The van der Waals surface area contributed by atoms with Crippen LogP contribution in [0.5, 0.6) is 5.75 Å². The van der Waals surface area contributed by atoms with E-state index in [0.29, 0.717) is 24.7 Å². The van der Waals surface area contributed by atoms with Crippen LogP contribution in [0.25, 0.3) is 5.57 Å². The fourth-order valence-electron chi connectivity index (χ4n) is 1.89. The standard InChI is InChI=1S/C13H15F2NO2/c14-12(15)8-18-13-10(2-1-3-11(13)16)9-4-6-17-7-5-9/h1-4,12H,5-8,16H2. The third kappa shape index (κ3) is 2.98. The Morgan fingerprint density at radius 3 is 2.89 bits per heavy atom. The summed E-state index contributed by atoms with van der Waals surface area (Å²) >= 11 is 0. The molecule has 0 fully saturated rings. The van der Waals surface area contributed by atoms with Crippen LogP contribution in [0.2, 0.25) is 0 Å². The molecule has 0 spiro atoms. The van der Waals surface area contributed by atoms with Crippen molar-refractivity contribution in [2.75, 3.05) is 25.6 Å². The Hall–Kier alpha value is -1.62. The van der Waals surface area contributed by atoms with E-state index < -0.39 is 13.0 Å². The van der Waals surface area contributed by atoms with Crippen LogP contribution >= 0.6 is 0 Å². The van der Waals surface area contributed by atoms with E-state index in [9.17, 15) is 8.78 Å². The Labute approximate surface area is 104 Å². The number of nitrogens with two attached hydrogens (primary N) is 1. The van der Waals surface area contributed by atoms with E-state index in [2.05, 4.69) is 0 Å². The SMILES string of the molecule is Nc1cccc(C2=CCOCC2)c1OCC(F)F. The first-order valence-electron chi connectivity index (χ1n) is 5.75. The molecule has 0 aromatic heterocycles.